The summed E-state index contributed by atoms with van der Waals surface area (Å²) in [7, 11) is 0. The van der Waals surface area contributed by atoms with Crippen molar-refractivity contribution in [2.24, 2.45) is 17.8 Å². The molecule has 1 amide bonds. The van der Waals surface area contributed by atoms with Crippen molar-refractivity contribution in [3.63, 3.8) is 0 Å². The molecule has 0 aromatic carbocycles. The monoisotopic (exact) mass is 240 g/mol. The van der Waals surface area contributed by atoms with Crippen molar-refractivity contribution in [1.82, 2.24) is 10.6 Å². The summed E-state index contributed by atoms with van der Waals surface area (Å²) in [4.78, 5) is 11.9. The van der Waals surface area contributed by atoms with Crippen LogP contribution in [-0.4, -0.2) is 37.3 Å². The number of piperidine rings is 1. The van der Waals surface area contributed by atoms with Crippen LogP contribution < -0.4 is 10.6 Å². The summed E-state index contributed by atoms with van der Waals surface area (Å²) in [6, 6.07) is 0. The van der Waals surface area contributed by atoms with Crippen LogP contribution in [0.15, 0.2) is 0 Å². The zero-order chi connectivity index (χ0) is 12.1. The molecular formula is C13H24N2O2. The van der Waals surface area contributed by atoms with Gasteiger partial charge in [0.1, 0.15) is 0 Å². The Morgan fingerprint density at radius 1 is 1.24 bits per heavy atom. The van der Waals surface area contributed by atoms with Crippen LogP contribution in [0.4, 0.5) is 0 Å². The molecular weight excluding hydrogens is 216 g/mol. The summed E-state index contributed by atoms with van der Waals surface area (Å²) in [6.07, 6.45) is 5.56. The van der Waals surface area contributed by atoms with Crippen molar-refractivity contribution in [2.45, 2.75) is 32.1 Å². The molecule has 0 bridgehead atoms. The van der Waals surface area contributed by atoms with E-state index in [9.17, 15) is 9.90 Å². The minimum atomic E-state index is 0.151. The molecule has 3 atom stereocenters. The van der Waals surface area contributed by atoms with Crippen LogP contribution in [0.1, 0.15) is 32.1 Å². The Hall–Kier alpha value is -0.610. The normalized spacial score (nSPS) is 33.6. The molecule has 0 spiro atoms. The highest BCUT2D eigenvalue weighted by Crippen LogP contribution is 2.30. The van der Waals surface area contributed by atoms with Gasteiger partial charge in [-0.25, -0.2) is 0 Å². The van der Waals surface area contributed by atoms with Crippen LogP contribution in [0.3, 0.4) is 0 Å². The third-order valence-corrected chi connectivity index (χ3v) is 4.26. The van der Waals surface area contributed by atoms with Crippen molar-refractivity contribution in [2.75, 3.05) is 26.2 Å². The third-order valence-electron chi connectivity index (χ3n) is 4.26. The average molecular weight is 240 g/mol. The number of amides is 1. The quantitative estimate of drug-likeness (QED) is 0.671. The molecule has 4 nitrogen and oxygen atoms in total. The number of rotatable bonds is 4. The van der Waals surface area contributed by atoms with Gasteiger partial charge in [-0.15, -0.1) is 0 Å². The number of aliphatic hydroxyl groups is 1. The van der Waals surface area contributed by atoms with Crippen molar-refractivity contribution in [1.29, 1.82) is 0 Å². The van der Waals surface area contributed by atoms with Crippen molar-refractivity contribution in [3.8, 4) is 0 Å². The molecule has 0 aromatic heterocycles. The molecule has 2 fully saturated rings. The number of hydrogen-bond acceptors (Lipinski definition) is 3. The number of carbonyl (C=O) groups is 1. The zero-order valence-electron chi connectivity index (χ0n) is 10.5. The minimum absolute atomic E-state index is 0.151. The van der Waals surface area contributed by atoms with E-state index in [-0.39, 0.29) is 18.4 Å². The molecule has 0 radical (unpaired) electrons. The van der Waals surface area contributed by atoms with Gasteiger partial charge in [0, 0.05) is 19.7 Å². The molecule has 2 unspecified atom stereocenters. The van der Waals surface area contributed by atoms with Gasteiger partial charge in [-0.1, -0.05) is 6.42 Å². The molecule has 2 rings (SSSR count). The summed E-state index contributed by atoms with van der Waals surface area (Å²) in [5, 5.41) is 15.6. The summed E-state index contributed by atoms with van der Waals surface area (Å²) in [5.74, 6) is 1.23. The number of hydrogen-bond donors (Lipinski definition) is 3. The molecule has 1 aliphatic carbocycles. The second kappa shape index (κ2) is 6.36. The summed E-state index contributed by atoms with van der Waals surface area (Å²) < 4.78 is 0. The lowest BCUT2D eigenvalue weighted by Gasteiger charge is -2.24. The van der Waals surface area contributed by atoms with E-state index in [2.05, 4.69) is 10.6 Å². The maximum absolute atomic E-state index is 11.9. The Balaban J connectivity index is 1.71. The second-order valence-corrected chi connectivity index (χ2v) is 5.42. The summed E-state index contributed by atoms with van der Waals surface area (Å²) >= 11 is 0. The Labute approximate surface area is 103 Å². The summed E-state index contributed by atoms with van der Waals surface area (Å²) in [5.41, 5.74) is 0. The van der Waals surface area contributed by atoms with Gasteiger partial charge in [0.25, 0.3) is 0 Å². The fourth-order valence-corrected chi connectivity index (χ4v) is 3.07. The SMILES string of the molecule is O=C(NCC1CCCC1CO)[C@@H]1CCCNC1. The second-order valence-electron chi connectivity index (χ2n) is 5.42. The molecule has 1 saturated carbocycles. The van der Waals surface area contributed by atoms with E-state index in [1.807, 2.05) is 0 Å². The molecule has 3 N–H and O–H groups in total. The highest BCUT2D eigenvalue weighted by Gasteiger charge is 2.28. The van der Waals surface area contributed by atoms with Gasteiger partial charge in [-0.3, -0.25) is 4.79 Å². The fourth-order valence-electron chi connectivity index (χ4n) is 3.07. The standard InChI is InChI=1S/C13H24N2O2/c16-9-12-4-1-3-10(12)8-15-13(17)11-5-2-6-14-7-11/h10-12,14,16H,1-9H2,(H,15,17)/t10?,11-,12?/m1/s1. The maximum atomic E-state index is 11.9. The molecule has 1 heterocycles. The minimum Gasteiger partial charge on any atom is -0.396 e. The molecule has 1 aliphatic heterocycles. The van der Waals surface area contributed by atoms with Gasteiger partial charge in [0.2, 0.25) is 5.91 Å². The van der Waals surface area contributed by atoms with Crippen LogP contribution >= 0.6 is 0 Å². The van der Waals surface area contributed by atoms with Gasteiger partial charge in [0.05, 0.1) is 5.92 Å². The van der Waals surface area contributed by atoms with E-state index in [1.54, 1.807) is 0 Å². The molecule has 4 heteroatoms. The van der Waals surface area contributed by atoms with Gasteiger partial charge < -0.3 is 15.7 Å². The first-order valence-corrected chi connectivity index (χ1v) is 6.90. The topological polar surface area (TPSA) is 61.4 Å². The first-order valence-electron chi connectivity index (χ1n) is 6.90. The first-order chi connectivity index (χ1) is 8.31. The number of aliphatic hydroxyl groups excluding tert-OH is 1. The van der Waals surface area contributed by atoms with Gasteiger partial charge >= 0.3 is 0 Å². The lowest BCUT2D eigenvalue weighted by atomic mass is 9.95. The van der Waals surface area contributed by atoms with E-state index in [0.717, 1.165) is 45.3 Å². The van der Waals surface area contributed by atoms with Crippen molar-refractivity contribution < 1.29 is 9.90 Å². The lowest BCUT2D eigenvalue weighted by Crippen LogP contribution is -2.42. The fraction of sp³-hybridized carbons (Fsp3) is 0.923. The maximum Gasteiger partial charge on any atom is 0.224 e. The van der Waals surface area contributed by atoms with Crippen LogP contribution in [0.25, 0.3) is 0 Å². The van der Waals surface area contributed by atoms with Crippen molar-refractivity contribution >= 4 is 5.91 Å². The van der Waals surface area contributed by atoms with Crippen LogP contribution in [-0.2, 0) is 4.79 Å². The largest absolute Gasteiger partial charge is 0.396 e. The number of nitrogens with one attached hydrogen (secondary N) is 2. The lowest BCUT2D eigenvalue weighted by molar-refractivity contribution is -0.125. The molecule has 1 saturated heterocycles. The molecule has 2 aliphatic rings. The first kappa shape index (κ1) is 12.8. The Bertz CT molecular complexity index is 252. The van der Waals surface area contributed by atoms with E-state index in [4.69, 9.17) is 0 Å². The van der Waals surface area contributed by atoms with E-state index < -0.39 is 0 Å². The zero-order valence-corrected chi connectivity index (χ0v) is 10.5. The predicted octanol–water partition coefficient (Wildman–Crippen LogP) is 0.511. The van der Waals surface area contributed by atoms with Crippen LogP contribution in [0, 0.1) is 17.8 Å². The average Bonchev–Trinajstić information content (AvgIpc) is 2.84. The molecule has 17 heavy (non-hydrogen) atoms. The predicted molar refractivity (Wildman–Crippen MR) is 66.5 cm³/mol. The molecule has 0 aromatic rings. The Kier molecular flexibility index (Phi) is 4.80. The highest BCUT2D eigenvalue weighted by molar-refractivity contribution is 5.78. The van der Waals surface area contributed by atoms with E-state index in [1.165, 1.54) is 6.42 Å². The van der Waals surface area contributed by atoms with Gasteiger partial charge in [-0.05, 0) is 44.1 Å². The summed E-state index contributed by atoms with van der Waals surface area (Å²) in [6.45, 7) is 2.88. The van der Waals surface area contributed by atoms with Gasteiger partial charge in [-0.2, -0.15) is 0 Å². The number of carbonyl (C=O) groups excluding carboxylic acids is 1. The van der Waals surface area contributed by atoms with Crippen LogP contribution in [0.2, 0.25) is 0 Å². The van der Waals surface area contributed by atoms with Crippen molar-refractivity contribution in [3.05, 3.63) is 0 Å². The van der Waals surface area contributed by atoms with E-state index in [0.29, 0.717) is 11.8 Å². The molecule has 98 valence electrons. The van der Waals surface area contributed by atoms with E-state index >= 15 is 0 Å². The Morgan fingerprint density at radius 3 is 2.76 bits per heavy atom. The third kappa shape index (κ3) is 3.42. The van der Waals surface area contributed by atoms with Crippen LogP contribution in [0.5, 0.6) is 0 Å². The Morgan fingerprint density at radius 2 is 2.06 bits per heavy atom. The van der Waals surface area contributed by atoms with Gasteiger partial charge in [0.15, 0.2) is 0 Å². The highest BCUT2D eigenvalue weighted by atomic mass is 16.3. The smallest absolute Gasteiger partial charge is 0.224 e.